The van der Waals surface area contributed by atoms with E-state index >= 15 is 0 Å². The number of sulfone groups is 1. The lowest BCUT2D eigenvalue weighted by molar-refractivity contribution is 0.0940. The average molecular weight is 378 g/mol. The molecule has 2 aromatic carbocycles. The number of benzene rings is 2. The van der Waals surface area contributed by atoms with Gasteiger partial charge in [-0.3, -0.25) is 4.79 Å². The van der Waals surface area contributed by atoms with Gasteiger partial charge in [0.2, 0.25) is 0 Å². The van der Waals surface area contributed by atoms with Crippen molar-refractivity contribution in [2.75, 3.05) is 11.6 Å². The molecule has 7 heteroatoms. The smallest absolute Gasteiger partial charge is 0.251 e. The first-order chi connectivity index (χ1) is 12.2. The number of amides is 1. The lowest BCUT2D eigenvalue weighted by Gasteiger charge is -2.18. The van der Waals surface area contributed by atoms with E-state index in [0.717, 1.165) is 5.56 Å². The second-order valence-corrected chi connectivity index (χ2v) is 8.43. The normalized spacial score (nSPS) is 13.7. The summed E-state index contributed by atoms with van der Waals surface area (Å²) in [5.74, 6) is -0.625. The summed E-state index contributed by atoms with van der Waals surface area (Å²) >= 11 is 0. The Bertz CT molecular complexity index is 867. The van der Waals surface area contributed by atoms with Crippen LogP contribution in [0.25, 0.3) is 0 Å². The number of halogens is 1. The number of hydrogen-bond acceptors (Lipinski definition) is 4. The molecule has 2 N–H and O–H groups in total. The molecular formula is C19H23FN2O3S. The van der Waals surface area contributed by atoms with Crippen molar-refractivity contribution < 1.29 is 17.6 Å². The highest BCUT2D eigenvalue weighted by Gasteiger charge is 2.19. The first kappa shape index (κ1) is 19.9. The largest absolute Gasteiger partial charge is 0.369 e. The maximum Gasteiger partial charge on any atom is 0.251 e. The van der Waals surface area contributed by atoms with Gasteiger partial charge in [0.1, 0.15) is 11.2 Å². The minimum Gasteiger partial charge on any atom is -0.369 e. The SMILES string of the molecule is CCC(Nc1cccc(C(=O)N[C@H](C)c2ccc(F)cc2)c1)S(C)(=O)=O. The summed E-state index contributed by atoms with van der Waals surface area (Å²) in [5, 5.41) is 5.09. The minimum atomic E-state index is -3.25. The molecule has 0 aliphatic rings. The Labute approximate surface area is 153 Å². The number of carbonyl (C=O) groups excluding carboxylic acids is 1. The molecule has 2 aromatic rings. The molecule has 140 valence electrons. The van der Waals surface area contributed by atoms with Gasteiger partial charge in [-0.2, -0.15) is 0 Å². The lowest BCUT2D eigenvalue weighted by Crippen LogP contribution is -2.29. The number of rotatable bonds is 7. The lowest BCUT2D eigenvalue weighted by atomic mass is 10.1. The molecule has 0 fully saturated rings. The van der Waals surface area contributed by atoms with Crippen LogP contribution in [0, 0.1) is 5.82 Å². The summed E-state index contributed by atoms with van der Waals surface area (Å²) in [4.78, 5) is 12.5. The van der Waals surface area contributed by atoms with Crippen LogP contribution >= 0.6 is 0 Å². The van der Waals surface area contributed by atoms with Gasteiger partial charge in [-0.1, -0.05) is 25.1 Å². The van der Waals surface area contributed by atoms with Gasteiger partial charge in [-0.05, 0) is 49.2 Å². The van der Waals surface area contributed by atoms with E-state index < -0.39 is 15.2 Å². The molecule has 0 heterocycles. The van der Waals surface area contributed by atoms with E-state index in [2.05, 4.69) is 10.6 Å². The molecule has 26 heavy (non-hydrogen) atoms. The van der Waals surface area contributed by atoms with Crippen molar-refractivity contribution in [3.63, 3.8) is 0 Å². The van der Waals surface area contributed by atoms with Gasteiger partial charge in [-0.15, -0.1) is 0 Å². The van der Waals surface area contributed by atoms with Crippen LogP contribution in [0.1, 0.15) is 42.2 Å². The van der Waals surface area contributed by atoms with Crippen molar-refractivity contribution in [2.24, 2.45) is 0 Å². The van der Waals surface area contributed by atoms with Gasteiger partial charge >= 0.3 is 0 Å². The highest BCUT2D eigenvalue weighted by atomic mass is 32.2. The fourth-order valence-electron chi connectivity index (χ4n) is 2.56. The molecule has 1 amide bonds. The van der Waals surface area contributed by atoms with Crippen LogP contribution in [0.15, 0.2) is 48.5 Å². The molecule has 0 spiro atoms. The Morgan fingerprint density at radius 2 is 1.81 bits per heavy atom. The van der Waals surface area contributed by atoms with Gasteiger partial charge < -0.3 is 10.6 Å². The molecule has 0 bridgehead atoms. The van der Waals surface area contributed by atoms with E-state index in [-0.39, 0.29) is 17.8 Å². The predicted molar refractivity (Wildman–Crippen MR) is 101 cm³/mol. The third-order valence-electron chi connectivity index (χ3n) is 4.06. The summed E-state index contributed by atoms with van der Waals surface area (Å²) in [6.07, 6.45) is 1.59. The number of nitrogens with one attached hydrogen (secondary N) is 2. The van der Waals surface area contributed by atoms with Gasteiger partial charge in [0.25, 0.3) is 5.91 Å². The van der Waals surface area contributed by atoms with Crippen LogP contribution < -0.4 is 10.6 Å². The summed E-state index contributed by atoms with van der Waals surface area (Å²) in [7, 11) is -3.25. The van der Waals surface area contributed by atoms with E-state index in [0.29, 0.717) is 17.7 Å². The van der Waals surface area contributed by atoms with Crippen molar-refractivity contribution in [3.05, 3.63) is 65.5 Å². The predicted octanol–water partition coefficient (Wildman–Crippen LogP) is 3.51. The van der Waals surface area contributed by atoms with Crippen molar-refractivity contribution >= 4 is 21.4 Å². The standard InChI is InChI=1S/C19H23FN2O3S/c1-4-18(26(3,24)25)22-17-7-5-6-15(12-17)19(23)21-13(2)14-8-10-16(20)11-9-14/h5-13,18,22H,4H2,1-3H3,(H,21,23)/t13-,18?/m1/s1. The van der Waals surface area contributed by atoms with Gasteiger partial charge in [-0.25, -0.2) is 12.8 Å². The molecule has 2 atom stereocenters. The molecule has 5 nitrogen and oxygen atoms in total. The summed E-state index contributed by atoms with van der Waals surface area (Å²) in [6, 6.07) is 12.3. The Kier molecular flexibility index (Phi) is 6.37. The molecule has 0 aliphatic heterocycles. The zero-order valence-electron chi connectivity index (χ0n) is 15.0. The molecule has 0 radical (unpaired) electrons. The summed E-state index contributed by atoms with van der Waals surface area (Å²) in [6.45, 7) is 3.59. The number of carbonyl (C=O) groups is 1. The molecule has 1 unspecified atom stereocenters. The second-order valence-electron chi connectivity index (χ2n) is 6.20. The number of anilines is 1. The first-order valence-electron chi connectivity index (χ1n) is 8.32. The zero-order valence-corrected chi connectivity index (χ0v) is 15.8. The molecule has 2 rings (SSSR count). The topological polar surface area (TPSA) is 75.3 Å². The van der Waals surface area contributed by atoms with E-state index in [1.165, 1.54) is 18.4 Å². The van der Waals surface area contributed by atoms with Crippen LogP contribution in [0.5, 0.6) is 0 Å². The van der Waals surface area contributed by atoms with Crippen LogP contribution in [0.3, 0.4) is 0 Å². The Morgan fingerprint density at radius 1 is 1.15 bits per heavy atom. The Morgan fingerprint density at radius 3 is 2.38 bits per heavy atom. The highest BCUT2D eigenvalue weighted by Crippen LogP contribution is 2.17. The molecule has 0 saturated heterocycles. The Balaban J connectivity index is 2.11. The van der Waals surface area contributed by atoms with Crippen LogP contribution in [0.4, 0.5) is 10.1 Å². The van der Waals surface area contributed by atoms with E-state index in [1.807, 2.05) is 6.92 Å². The van der Waals surface area contributed by atoms with Crippen molar-refractivity contribution in [1.82, 2.24) is 5.32 Å². The van der Waals surface area contributed by atoms with E-state index in [4.69, 9.17) is 0 Å². The fraction of sp³-hybridized carbons (Fsp3) is 0.316. The molecular weight excluding hydrogens is 355 g/mol. The summed E-state index contributed by atoms with van der Waals surface area (Å²) in [5.41, 5.74) is 1.76. The fourth-order valence-corrected chi connectivity index (χ4v) is 3.52. The maximum atomic E-state index is 13.0. The van der Waals surface area contributed by atoms with E-state index in [1.54, 1.807) is 43.3 Å². The van der Waals surface area contributed by atoms with Gasteiger partial charge in [0.05, 0.1) is 6.04 Å². The second kappa shape index (κ2) is 8.31. The molecule has 0 aromatic heterocycles. The third kappa shape index (κ3) is 5.29. The monoisotopic (exact) mass is 378 g/mol. The highest BCUT2D eigenvalue weighted by molar-refractivity contribution is 7.91. The van der Waals surface area contributed by atoms with Crippen LogP contribution in [-0.2, 0) is 9.84 Å². The maximum absolute atomic E-state index is 13.0. The van der Waals surface area contributed by atoms with Gasteiger partial charge in [0, 0.05) is 17.5 Å². The van der Waals surface area contributed by atoms with Crippen molar-refractivity contribution in [3.8, 4) is 0 Å². The molecule has 0 saturated carbocycles. The third-order valence-corrected chi connectivity index (χ3v) is 5.54. The molecule has 0 aliphatic carbocycles. The van der Waals surface area contributed by atoms with E-state index in [9.17, 15) is 17.6 Å². The zero-order chi connectivity index (χ0) is 19.3. The van der Waals surface area contributed by atoms with Gasteiger partial charge in [0.15, 0.2) is 9.84 Å². The minimum absolute atomic E-state index is 0.292. The van der Waals surface area contributed by atoms with Crippen molar-refractivity contribution in [2.45, 2.75) is 31.7 Å². The quantitative estimate of drug-likeness (QED) is 0.773. The first-order valence-corrected chi connectivity index (χ1v) is 10.3. The Hall–Kier alpha value is -2.41. The van der Waals surface area contributed by atoms with Crippen molar-refractivity contribution in [1.29, 1.82) is 0 Å². The van der Waals surface area contributed by atoms with Crippen LogP contribution in [0.2, 0.25) is 0 Å². The average Bonchev–Trinajstić information content (AvgIpc) is 2.59. The number of hydrogen-bond donors (Lipinski definition) is 2. The summed E-state index contributed by atoms with van der Waals surface area (Å²) < 4.78 is 36.5. The van der Waals surface area contributed by atoms with Crippen LogP contribution in [-0.4, -0.2) is 26.0 Å².